The Hall–Kier alpha value is -2.64. The number of likely N-dealkylation sites (tertiary alicyclic amines) is 1. The second-order valence-corrected chi connectivity index (χ2v) is 9.50. The van der Waals surface area contributed by atoms with Crippen LogP contribution in [0.1, 0.15) is 32.1 Å². The van der Waals surface area contributed by atoms with E-state index in [4.69, 9.17) is 9.47 Å². The number of thiazole rings is 1. The largest absolute Gasteiger partial charge is 0.494 e. The van der Waals surface area contributed by atoms with E-state index in [0.29, 0.717) is 23.7 Å². The Morgan fingerprint density at radius 3 is 2.62 bits per heavy atom. The molecule has 5 rings (SSSR count). The third kappa shape index (κ3) is 4.89. The van der Waals surface area contributed by atoms with E-state index in [-0.39, 0.29) is 5.92 Å². The van der Waals surface area contributed by atoms with E-state index in [1.807, 2.05) is 48.5 Å². The molecule has 6 nitrogen and oxygen atoms in total. The molecular formula is C25H29N3O3S. The number of carbonyl (C=O) groups excluding carboxylic acids is 1. The lowest BCUT2D eigenvalue weighted by molar-refractivity contribution is -0.142. The molecule has 2 saturated heterocycles. The lowest BCUT2D eigenvalue weighted by atomic mass is 9.91. The molecule has 0 radical (unpaired) electrons. The summed E-state index contributed by atoms with van der Waals surface area (Å²) in [5.41, 5.74) is 0.948. The molecule has 1 amide bonds. The van der Waals surface area contributed by atoms with Crippen LogP contribution in [0.25, 0.3) is 10.2 Å². The third-order valence-electron chi connectivity index (χ3n) is 6.37. The highest BCUT2D eigenvalue weighted by Gasteiger charge is 2.33. The first kappa shape index (κ1) is 21.2. The van der Waals surface area contributed by atoms with Crippen molar-refractivity contribution in [1.82, 2.24) is 15.2 Å². The van der Waals surface area contributed by atoms with Crippen LogP contribution in [0.15, 0.2) is 48.5 Å². The molecule has 32 heavy (non-hydrogen) atoms. The van der Waals surface area contributed by atoms with Crippen LogP contribution in [0.3, 0.4) is 0 Å². The number of aromatic nitrogens is 1. The van der Waals surface area contributed by atoms with Crippen molar-refractivity contribution in [1.29, 1.82) is 0 Å². The molecule has 0 aliphatic carbocycles. The normalized spacial score (nSPS) is 19.9. The Balaban J connectivity index is 1.11. The van der Waals surface area contributed by atoms with E-state index in [1.165, 1.54) is 11.3 Å². The van der Waals surface area contributed by atoms with Crippen molar-refractivity contribution in [2.75, 3.05) is 26.2 Å². The zero-order valence-electron chi connectivity index (χ0n) is 18.2. The highest BCUT2D eigenvalue weighted by molar-refractivity contribution is 7.20. The van der Waals surface area contributed by atoms with Gasteiger partial charge in [-0.05, 0) is 81.6 Å². The van der Waals surface area contributed by atoms with E-state index >= 15 is 0 Å². The molecule has 3 aromatic rings. The number of amides is 1. The highest BCUT2D eigenvalue weighted by atomic mass is 32.1. The zero-order chi connectivity index (χ0) is 21.8. The summed E-state index contributed by atoms with van der Waals surface area (Å²) in [5.74, 6) is 1.93. The number of ether oxygens (including phenoxy) is 2. The first-order chi connectivity index (χ1) is 15.8. The van der Waals surface area contributed by atoms with Gasteiger partial charge in [0.15, 0.2) is 0 Å². The van der Waals surface area contributed by atoms with Gasteiger partial charge in [-0.1, -0.05) is 23.5 Å². The number of carbonyl (C=O) groups is 1. The van der Waals surface area contributed by atoms with Gasteiger partial charge in [-0.3, -0.25) is 4.79 Å². The zero-order valence-corrected chi connectivity index (χ0v) is 19.0. The first-order valence-corrected chi connectivity index (χ1v) is 12.4. The van der Waals surface area contributed by atoms with Gasteiger partial charge in [0.2, 0.25) is 5.91 Å². The summed E-state index contributed by atoms with van der Waals surface area (Å²) in [7, 11) is 0. The summed E-state index contributed by atoms with van der Waals surface area (Å²) >= 11 is 1.53. The fraction of sp³-hybridized carbons (Fsp3) is 0.440. The maximum Gasteiger partial charge on any atom is 0.279 e. The average molecular weight is 452 g/mol. The molecule has 2 fully saturated rings. The second-order valence-electron chi connectivity index (χ2n) is 8.51. The van der Waals surface area contributed by atoms with Gasteiger partial charge in [-0.15, -0.1) is 0 Å². The van der Waals surface area contributed by atoms with Crippen molar-refractivity contribution in [2.45, 2.75) is 38.1 Å². The van der Waals surface area contributed by atoms with Crippen molar-refractivity contribution in [3.05, 3.63) is 48.5 Å². The number of hydrogen-bond donors (Lipinski definition) is 1. The number of hydrogen-bond acceptors (Lipinski definition) is 6. The summed E-state index contributed by atoms with van der Waals surface area (Å²) in [6.45, 7) is 3.49. The molecule has 3 heterocycles. The molecule has 2 aliphatic heterocycles. The van der Waals surface area contributed by atoms with Crippen molar-refractivity contribution in [3.63, 3.8) is 0 Å². The van der Waals surface area contributed by atoms with E-state index in [9.17, 15) is 4.79 Å². The minimum absolute atomic E-state index is 0.0836. The topological polar surface area (TPSA) is 63.7 Å². The van der Waals surface area contributed by atoms with Crippen LogP contribution in [-0.2, 0) is 4.79 Å². The van der Waals surface area contributed by atoms with Crippen LogP contribution >= 0.6 is 11.3 Å². The van der Waals surface area contributed by atoms with Gasteiger partial charge in [0.05, 0.1) is 16.8 Å². The number of nitrogens with zero attached hydrogens (tertiary/aromatic N) is 2. The van der Waals surface area contributed by atoms with E-state index in [0.717, 1.165) is 73.5 Å². The maximum absolute atomic E-state index is 13.0. The van der Waals surface area contributed by atoms with Gasteiger partial charge in [0, 0.05) is 18.5 Å². The Labute approximate surface area is 192 Å². The molecule has 0 bridgehead atoms. The van der Waals surface area contributed by atoms with Crippen molar-refractivity contribution >= 4 is 27.5 Å². The first-order valence-electron chi connectivity index (χ1n) is 11.5. The van der Waals surface area contributed by atoms with Gasteiger partial charge in [-0.2, -0.15) is 0 Å². The molecule has 1 unspecified atom stereocenters. The van der Waals surface area contributed by atoms with Gasteiger partial charge < -0.3 is 19.7 Å². The molecule has 2 aliphatic rings. The second kappa shape index (κ2) is 9.88. The van der Waals surface area contributed by atoms with Crippen LogP contribution in [0.2, 0.25) is 0 Å². The molecule has 2 aromatic carbocycles. The van der Waals surface area contributed by atoms with Gasteiger partial charge >= 0.3 is 0 Å². The van der Waals surface area contributed by atoms with Crippen molar-refractivity contribution in [3.8, 4) is 16.7 Å². The predicted molar refractivity (Wildman–Crippen MR) is 127 cm³/mol. The fourth-order valence-corrected chi connectivity index (χ4v) is 5.48. The standard InChI is InChI=1S/C25H29N3O3S/c29-24-18(4-3-16-28(24)19-11-14-26-15-12-19)13-17-30-20-7-9-21(10-8-20)31-25-27-22-5-1-2-6-23(22)32-25/h1-2,5-10,18-19,26H,3-4,11-17H2. The number of rotatable bonds is 7. The Bertz CT molecular complexity index is 1010. The van der Waals surface area contributed by atoms with Crippen LogP contribution < -0.4 is 14.8 Å². The number of nitrogens with one attached hydrogen (secondary N) is 1. The van der Waals surface area contributed by atoms with Gasteiger partial charge in [0.1, 0.15) is 11.5 Å². The number of benzene rings is 2. The molecule has 1 atom stereocenters. The maximum atomic E-state index is 13.0. The van der Waals surface area contributed by atoms with Crippen LogP contribution in [-0.4, -0.2) is 48.1 Å². The molecule has 168 valence electrons. The summed E-state index contributed by atoms with van der Waals surface area (Å²) in [4.78, 5) is 19.6. The number of piperidine rings is 2. The minimum atomic E-state index is 0.0836. The average Bonchev–Trinajstić information content (AvgIpc) is 3.24. The van der Waals surface area contributed by atoms with Crippen molar-refractivity contribution < 1.29 is 14.3 Å². The monoisotopic (exact) mass is 451 g/mol. The Kier molecular flexibility index (Phi) is 6.55. The third-order valence-corrected chi connectivity index (χ3v) is 7.29. The highest BCUT2D eigenvalue weighted by Crippen LogP contribution is 2.32. The number of para-hydroxylation sites is 1. The van der Waals surface area contributed by atoms with E-state index in [1.54, 1.807) is 0 Å². The Morgan fingerprint density at radius 2 is 1.81 bits per heavy atom. The summed E-state index contributed by atoms with van der Waals surface area (Å²) in [6.07, 6.45) is 4.97. The van der Waals surface area contributed by atoms with Crippen LogP contribution in [0.4, 0.5) is 0 Å². The smallest absolute Gasteiger partial charge is 0.279 e. The molecule has 1 N–H and O–H groups in total. The lowest BCUT2D eigenvalue weighted by Crippen LogP contribution is -2.51. The summed E-state index contributed by atoms with van der Waals surface area (Å²) < 4.78 is 13.0. The van der Waals surface area contributed by atoms with Crippen LogP contribution in [0, 0.1) is 5.92 Å². The Morgan fingerprint density at radius 1 is 1.03 bits per heavy atom. The number of fused-ring (bicyclic) bond motifs is 1. The minimum Gasteiger partial charge on any atom is -0.494 e. The van der Waals surface area contributed by atoms with Crippen molar-refractivity contribution in [2.24, 2.45) is 5.92 Å². The van der Waals surface area contributed by atoms with E-state index < -0.39 is 0 Å². The van der Waals surface area contributed by atoms with Gasteiger partial charge in [-0.25, -0.2) is 4.98 Å². The lowest BCUT2D eigenvalue weighted by Gasteiger charge is -2.40. The molecule has 0 spiro atoms. The summed E-state index contributed by atoms with van der Waals surface area (Å²) in [6, 6.07) is 16.0. The van der Waals surface area contributed by atoms with E-state index in [2.05, 4.69) is 15.2 Å². The SMILES string of the molecule is O=C1C(CCOc2ccc(Oc3nc4ccccc4s3)cc2)CCCN1C1CCNCC1. The molecule has 0 saturated carbocycles. The molecular weight excluding hydrogens is 422 g/mol. The summed E-state index contributed by atoms with van der Waals surface area (Å²) in [5, 5.41) is 4.02. The fourth-order valence-electron chi connectivity index (χ4n) is 4.64. The van der Waals surface area contributed by atoms with Gasteiger partial charge in [0.25, 0.3) is 5.19 Å². The molecule has 7 heteroatoms. The van der Waals surface area contributed by atoms with Crippen LogP contribution in [0.5, 0.6) is 16.7 Å². The quantitative estimate of drug-likeness (QED) is 0.556. The molecule has 1 aromatic heterocycles. The predicted octanol–water partition coefficient (Wildman–Crippen LogP) is 4.85.